The minimum absolute atomic E-state index is 0.0590. The molecule has 0 radical (unpaired) electrons. The van der Waals surface area contributed by atoms with Crippen molar-refractivity contribution in [2.75, 3.05) is 13.6 Å². The van der Waals surface area contributed by atoms with Crippen LogP contribution >= 0.6 is 0 Å². The van der Waals surface area contributed by atoms with Crippen molar-refractivity contribution >= 4 is 6.21 Å². The van der Waals surface area contributed by atoms with Crippen LogP contribution in [0.5, 0.6) is 0 Å². The van der Waals surface area contributed by atoms with Crippen molar-refractivity contribution in [1.29, 1.82) is 0 Å². The first-order valence-corrected chi connectivity index (χ1v) is 2.89. The lowest BCUT2D eigenvalue weighted by Gasteiger charge is -2.08. The zero-order valence-electron chi connectivity index (χ0n) is 6.10. The summed E-state index contributed by atoms with van der Waals surface area (Å²) in [5, 5.41) is 4.24. The fraction of sp³-hybridized carbons (Fsp3) is 0.500. The van der Waals surface area contributed by atoms with Gasteiger partial charge in [-0.3, -0.25) is 5.01 Å². The van der Waals surface area contributed by atoms with Crippen LogP contribution < -0.4 is 0 Å². The molecule has 0 amide bonds. The molecule has 0 spiro atoms. The highest BCUT2D eigenvalue weighted by atomic mass is 19.4. The largest absolute Gasteiger partial charge is 0.428 e. The second-order valence-electron chi connectivity index (χ2n) is 1.92. The summed E-state index contributed by atoms with van der Waals surface area (Å²) >= 11 is 0. The van der Waals surface area contributed by atoms with E-state index in [-0.39, 0.29) is 6.21 Å². The van der Waals surface area contributed by atoms with E-state index in [1.54, 1.807) is 0 Å². The Morgan fingerprint density at radius 1 is 1.55 bits per heavy atom. The van der Waals surface area contributed by atoms with Crippen LogP contribution in [0.1, 0.15) is 0 Å². The number of likely N-dealkylation sites (N-methyl/N-ethyl adjacent to an activating group) is 1. The molecule has 0 saturated heterocycles. The Hall–Kier alpha value is -1.00. The van der Waals surface area contributed by atoms with Gasteiger partial charge in [-0.25, -0.2) is 0 Å². The molecule has 11 heavy (non-hydrogen) atoms. The van der Waals surface area contributed by atoms with Gasteiger partial charge in [-0.1, -0.05) is 6.08 Å². The van der Waals surface area contributed by atoms with E-state index in [0.29, 0.717) is 6.54 Å². The summed E-state index contributed by atoms with van der Waals surface area (Å²) in [5.74, 6) is 0. The first-order valence-electron chi connectivity index (χ1n) is 2.89. The topological polar surface area (TPSA) is 15.6 Å². The Bertz CT molecular complexity index is 150. The molecule has 0 N–H and O–H groups in total. The molecular weight excluding hydrogens is 157 g/mol. The number of hydrazone groups is 1. The smallest absolute Gasteiger partial charge is 0.296 e. The standard InChI is InChI=1S/C6H9F3N2/c1-3-4-11(2)10-5-6(7,8)9/h3,5H,1,4H2,2H3/b10-5+. The third kappa shape index (κ3) is 6.89. The maximum absolute atomic E-state index is 11.5. The van der Waals surface area contributed by atoms with Gasteiger partial charge >= 0.3 is 6.18 Å². The average Bonchev–Trinajstić information content (AvgIpc) is 1.83. The Morgan fingerprint density at radius 2 is 2.09 bits per heavy atom. The summed E-state index contributed by atoms with van der Waals surface area (Å²) in [6.45, 7) is 3.65. The van der Waals surface area contributed by atoms with E-state index in [1.165, 1.54) is 13.1 Å². The summed E-state index contributed by atoms with van der Waals surface area (Å²) in [4.78, 5) is 0. The predicted molar refractivity (Wildman–Crippen MR) is 37.4 cm³/mol. The lowest BCUT2D eigenvalue weighted by atomic mass is 10.6. The molecular formula is C6H9F3N2. The maximum atomic E-state index is 11.5. The lowest BCUT2D eigenvalue weighted by Crippen LogP contribution is -2.16. The Labute approximate surface area is 63.0 Å². The van der Waals surface area contributed by atoms with Gasteiger partial charge in [0, 0.05) is 7.05 Å². The number of nitrogens with zero attached hydrogens (tertiary/aromatic N) is 2. The van der Waals surface area contributed by atoms with Gasteiger partial charge in [-0.05, 0) is 0 Å². The molecule has 0 aliphatic carbocycles. The highest BCUT2D eigenvalue weighted by molar-refractivity contribution is 5.63. The highest BCUT2D eigenvalue weighted by Crippen LogP contribution is 2.10. The number of hydrogen-bond donors (Lipinski definition) is 0. The van der Waals surface area contributed by atoms with Crippen LogP contribution in [0.2, 0.25) is 0 Å². The molecule has 0 fully saturated rings. The minimum Gasteiger partial charge on any atom is -0.296 e. The zero-order chi connectivity index (χ0) is 8.91. The van der Waals surface area contributed by atoms with Crippen molar-refractivity contribution in [2.24, 2.45) is 5.10 Å². The minimum atomic E-state index is -4.34. The first-order chi connectivity index (χ1) is 4.95. The van der Waals surface area contributed by atoms with Gasteiger partial charge in [-0.2, -0.15) is 18.3 Å². The summed E-state index contributed by atoms with van der Waals surface area (Å²) in [6, 6.07) is 0. The third-order valence-electron chi connectivity index (χ3n) is 0.795. The maximum Gasteiger partial charge on any atom is 0.428 e. The van der Waals surface area contributed by atoms with Crippen LogP contribution in [0.3, 0.4) is 0 Å². The predicted octanol–water partition coefficient (Wildman–Crippen LogP) is 1.65. The summed E-state index contributed by atoms with van der Waals surface area (Å²) in [6.07, 6.45) is -2.93. The number of alkyl halides is 3. The van der Waals surface area contributed by atoms with Crippen molar-refractivity contribution in [3.8, 4) is 0 Å². The molecule has 2 nitrogen and oxygen atoms in total. The molecule has 0 aromatic rings. The van der Waals surface area contributed by atoms with Crippen LogP contribution in [-0.4, -0.2) is 31.0 Å². The van der Waals surface area contributed by atoms with Crippen LogP contribution in [0.4, 0.5) is 13.2 Å². The summed E-state index contributed by atoms with van der Waals surface area (Å²) in [5.41, 5.74) is 0. The summed E-state index contributed by atoms with van der Waals surface area (Å²) in [7, 11) is 1.43. The van der Waals surface area contributed by atoms with Crippen LogP contribution in [0.25, 0.3) is 0 Å². The average molecular weight is 166 g/mol. The van der Waals surface area contributed by atoms with Crippen LogP contribution in [0, 0.1) is 0 Å². The molecule has 0 atom stereocenters. The van der Waals surface area contributed by atoms with E-state index < -0.39 is 6.18 Å². The fourth-order valence-corrected chi connectivity index (χ4v) is 0.398. The monoisotopic (exact) mass is 166 g/mol. The number of halogens is 3. The van der Waals surface area contributed by atoms with Crippen LogP contribution in [-0.2, 0) is 0 Å². The molecule has 0 unspecified atom stereocenters. The lowest BCUT2D eigenvalue weighted by molar-refractivity contribution is -0.0546. The number of hydrogen-bond acceptors (Lipinski definition) is 2. The molecule has 5 heteroatoms. The fourth-order valence-electron chi connectivity index (χ4n) is 0.398. The molecule has 0 rings (SSSR count). The van der Waals surface area contributed by atoms with Gasteiger partial charge in [-0.15, -0.1) is 6.58 Å². The van der Waals surface area contributed by atoms with E-state index in [9.17, 15) is 13.2 Å². The van der Waals surface area contributed by atoms with Crippen LogP contribution in [0.15, 0.2) is 17.8 Å². The van der Waals surface area contributed by atoms with Gasteiger partial charge in [0.05, 0.1) is 6.54 Å². The Morgan fingerprint density at radius 3 is 2.45 bits per heavy atom. The normalized spacial score (nSPS) is 12.0. The zero-order valence-corrected chi connectivity index (χ0v) is 6.10. The molecule has 0 saturated carbocycles. The van der Waals surface area contributed by atoms with Gasteiger partial charge in [0.25, 0.3) is 0 Å². The quantitative estimate of drug-likeness (QED) is 0.353. The van der Waals surface area contributed by atoms with Crippen molar-refractivity contribution in [2.45, 2.75) is 6.18 Å². The van der Waals surface area contributed by atoms with E-state index >= 15 is 0 Å². The second-order valence-corrected chi connectivity index (χ2v) is 1.92. The SMILES string of the molecule is C=CCN(C)/N=C/C(F)(F)F. The molecule has 0 aliphatic heterocycles. The van der Waals surface area contributed by atoms with E-state index in [2.05, 4.69) is 11.7 Å². The van der Waals surface area contributed by atoms with E-state index in [0.717, 1.165) is 5.01 Å². The molecule has 0 bridgehead atoms. The number of rotatable bonds is 3. The van der Waals surface area contributed by atoms with Gasteiger partial charge in [0.15, 0.2) is 0 Å². The summed E-state index contributed by atoms with van der Waals surface area (Å²) < 4.78 is 34.4. The Balaban J connectivity index is 3.82. The van der Waals surface area contributed by atoms with Gasteiger partial charge in [0.1, 0.15) is 6.21 Å². The molecule has 0 aliphatic rings. The highest BCUT2D eigenvalue weighted by Gasteiger charge is 2.23. The molecule has 64 valence electrons. The van der Waals surface area contributed by atoms with E-state index in [4.69, 9.17) is 0 Å². The van der Waals surface area contributed by atoms with Crippen molar-refractivity contribution < 1.29 is 13.2 Å². The molecule has 0 heterocycles. The van der Waals surface area contributed by atoms with Crippen molar-refractivity contribution in [3.63, 3.8) is 0 Å². The second kappa shape index (κ2) is 4.00. The van der Waals surface area contributed by atoms with Gasteiger partial charge in [0.2, 0.25) is 0 Å². The van der Waals surface area contributed by atoms with Crippen molar-refractivity contribution in [1.82, 2.24) is 5.01 Å². The third-order valence-corrected chi connectivity index (χ3v) is 0.795. The molecule has 0 aromatic carbocycles. The van der Waals surface area contributed by atoms with Gasteiger partial charge < -0.3 is 0 Å². The van der Waals surface area contributed by atoms with Crippen molar-refractivity contribution in [3.05, 3.63) is 12.7 Å². The Kier molecular flexibility index (Phi) is 3.64. The molecule has 0 aromatic heterocycles. The first kappa shape index (κ1) is 10.0. The van der Waals surface area contributed by atoms with E-state index in [1.807, 2.05) is 0 Å².